The Kier molecular flexibility index (Phi) is 3.80. The van der Waals surface area contributed by atoms with Crippen LogP contribution < -0.4 is 11.3 Å². The monoisotopic (exact) mass is 313 g/mol. The van der Waals surface area contributed by atoms with Crippen molar-refractivity contribution in [3.63, 3.8) is 0 Å². The minimum atomic E-state index is -0.605. The first kappa shape index (κ1) is 15.0. The molecule has 0 fully saturated rings. The minimum absolute atomic E-state index is 0.0425. The Morgan fingerprint density at radius 2 is 1.62 bits per heavy atom. The maximum atomic E-state index is 12.8. The molecule has 2 heterocycles. The predicted octanol–water partition coefficient (Wildman–Crippen LogP) is 2.23. The van der Waals surface area contributed by atoms with E-state index >= 15 is 0 Å². The van der Waals surface area contributed by atoms with Crippen molar-refractivity contribution in [2.24, 2.45) is 0 Å². The van der Waals surface area contributed by atoms with E-state index in [9.17, 15) is 15.3 Å². The molecule has 2 N–H and O–H groups in total. The van der Waals surface area contributed by atoms with Gasteiger partial charge in [0.1, 0.15) is 34.9 Å². The normalized spacial score (nSPS) is 9.92. The molecule has 0 aliphatic heterocycles. The third kappa shape index (κ3) is 2.29. The zero-order valence-corrected chi connectivity index (χ0v) is 12.5. The number of hydrogen-bond acceptors (Lipinski definition) is 5. The van der Waals surface area contributed by atoms with E-state index in [-0.39, 0.29) is 28.3 Å². The van der Waals surface area contributed by atoms with Crippen molar-refractivity contribution < 1.29 is 0 Å². The van der Waals surface area contributed by atoms with Crippen molar-refractivity contribution >= 4 is 5.82 Å². The van der Waals surface area contributed by atoms with Crippen molar-refractivity contribution in [1.29, 1.82) is 10.5 Å². The summed E-state index contributed by atoms with van der Waals surface area (Å²) in [6.07, 6.45) is 1.50. The van der Waals surface area contributed by atoms with Gasteiger partial charge in [0.15, 0.2) is 0 Å². The molecular formula is C18H11N5O. The third-order valence-corrected chi connectivity index (χ3v) is 3.58. The molecule has 0 unspecified atom stereocenters. The second-order valence-corrected chi connectivity index (χ2v) is 4.93. The van der Waals surface area contributed by atoms with Crippen molar-refractivity contribution in [3.05, 3.63) is 76.2 Å². The topological polar surface area (TPSA) is 108 Å². The second kappa shape index (κ2) is 6.07. The fourth-order valence-corrected chi connectivity index (χ4v) is 2.52. The highest BCUT2D eigenvalue weighted by atomic mass is 16.1. The Bertz CT molecular complexity index is 1040. The molecule has 114 valence electrons. The Morgan fingerprint density at radius 1 is 0.958 bits per heavy atom. The lowest BCUT2D eigenvalue weighted by Gasteiger charge is -2.15. The highest BCUT2D eigenvalue weighted by Crippen LogP contribution is 2.29. The van der Waals surface area contributed by atoms with Crippen LogP contribution in [0.5, 0.6) is 0 Å². The first-order valence-corrected chi connectivity index (χ1v) is 7.04. The number of nitrogens with zero attached hydrogens (tertiary/aromatic N) is 4. The summed E-state index contributed by atoms with van der Waals surface area (Å²) in [6.45, 7) is 0. The number of nitriles is 2. The highest BCUT2D eigenvalue weighted by molar-refractivity contribution is 5.80. The van der Waals surface area contributed by atoms with E-state index < -0.39 is 5.56 Å². The van der Waals surface area contributed by atoms with Crippen LogP contribution in [0.4, 0.5) is 5.82 Å². The smallest absolute Gasteiger partial charge is 0.276 e. The van der Waals surface area contributed by atoms with Gasteiger partial charge in [-0.15, -0.1) is 0 Å². The molecule has 0 saturated heterocycles. The average Bonchev–Trinajstić information content (AvgIpc) is 2.63. The molecule has 6 nitrogen and oxygen atoms in total. The average molecular weight is 313 g/mol. The molecule has 3 aromatic rings. The lowest BCUT2D eigenvalue weighted by atomic mass is 9.96. The SMILES string of the molecule is N#Cc1c(-c2ccccc2)c(C#N)c(=O)n(-c2ccccn2)c1N. The van der Waals surface area contributed by atoms with Crippen molar-refractivity contribution in [3.8, 4) is 29.1 Å². The quantitative estimate of drug-likeness (QED) is 0.780. The van der Waals surface area contributed by atoms with Gasteiger partial charge >= 0.3 is 0 Å². The molecule has 0 bridgehead atoms. The maximum Gasteiger partial charge on any atom is 0.276 e. The van der Waals surface area contributed by atoms with E-state index in [1.54, 1.807) is 48.5 Å². The van der Waals surface area contributed by atoms with Gasteiger partial charge in [0, 0.05) is 11.8 Å². The van der Waals surface area contributed by atoms with Crippen LogP contribution in [-0.4, -0.2) is 9.55 Å². The number of pyridine rings is 2. The molecule has 2 aromatic heterocycles. The van der Waals surface area contributed by atoms with Gasteiger partial charge in [-0.25, -0.2) is 9.55 Å². The van der Waals surface area contributed by atoms with E-state index in [0.29, 0.717) is 5.56 Å². The third-order valence-electron chi connectivity index (χ3n) is 3.58. The Labute approximate surface area is 137 Å². The van der Waals surface area contributed by atoms with Crippen LogP contribution in [0.25, 0.3) is 16.9 Å². The van der Waals surface area contributed by atoms with Crippen molar-refractivity contribution in [2.75, 3.05) is 5.73 Å². The molecule has 24 heavy (non-hydrogen) atoms. The minimum Gasteiger partial charge on any atom is -0.384 e. The summed E-state index contributed by atoms with van der Waals surface area (Å²) >= 11 is 0. The van der Waals surface area contributed by atoms with Crippen LogP contribution in [-0.2, 0) is 0 Å². The van der Waals surface area contributed by atoms with Gasteiger partial charge in [0.25, 0.3) is 5.56 Å². The van der Waals surface area contributed by atoms with E-state index in [1.807, 2.05) is 12.1 Å². The van der Waals surface area contributed by atoms with Crippen LogP contribution in [0.1, 0.15) is 11.1 Å². The molecule has 0 aliphatic rings. The van der Waals surface area contributed by atoms with Crippen LogP contribution in [0.3, 0.4) is 0 Å². The van der Waals surface area contributed by atoms with E-state index in [2.05, 4.69) is 4.98 Å². The number of nitrogens with two attached hydrogens (primary N) is 1. The first-order chi connectivity index (χ1) is 11.7. The zero-order valence-electron chi connectivity index (χ0n) is 12.5. The standard InChI is InChI=1S/C18H11N5O/c19-10-13-16(12-6-2-1-3-7-12)14(11-20)18(24)23(17(13)21)15-8-4-5-9-22-15/h1-9H,21H2. The molecule has 0 radical (unpaired) electrons. The number of benzene rings is 1. The lowest BCUT2D eigenvalue weighted by Crippen LogP contribution is -2.26. The molecule has 0 aliphatic carbocycles. The molecule has 0 amide bonds. The zero-order chi connectivity index (χ0) is 17.1. The summed E-state index contributed by atoms with van der Waals surface area (Å²) in [6, 6.07) is 17.7. The number of rotatable bonds is 2. The summed E-state index contributed by atoms with van der Waals surface area (Å²) in [5.74, 6) is 0.215. The summed E-state index contributed by atoms with van der Waals surface area (Å²) < 4.78 is 1.09. The van der Waals surface area contributed by atoms with Crippen molar-refractivity contribution in [1.82, 2.24) is 9.55 Å². The molecule has 0 atom stereocenters. The lowest BCUT2D eigenvalue weighted by molar-refractivity contribution is 0.945. The largest absolute Gasteiger partial charge is 0.384 e. The Hall–Kier alpha value is -3.90. The number of nitrogen functional groups attached to an aromatic ring is 1. The molecule has 3 rings (SSSR count). The van der Waals surface area contributed by atoms with Crippen LogP contribution >= 0.6 is 0 Å². The molecule has 1 aromatic carbocycles. The molecular weight excluding hydrogens is 302 g/mol. The van der Waals surface area contributed by atoms with Gasteiger partial charge in [0.2, 0.25) is 0 Å². The highest BCUT2D eigenvalue weighted by Gasteiger charge is 2.22. The fourth-order valence-electron chi connectivity index (χ4n) is 2.52. The van der Waals surface area contributed by atoms with Gasteiger partial charge in [0.05, 0.1) is 0 Å². The van der Waals surface area contributed by atoms with Gasteiger partial charge in [-0.1, -0.05) is 36.4 Å². The fraction of sp³-hybridized carbons (Fsp3) is 0. The van der Waals surface area contributed by atoms with Gasteiger partial charge in [-0.05, 0) is 17.7 Å². The Morgan fingerprint density at radius 3 is 2.21 bits per heavy atom. The summed E-state index contributed by atoms with van der Waals surface area (Å²) in [5.41, 5.74) is 6.24. The second-order valence-electron chi connectivity index (χ2n) is 4.93. The number of hydrogen-bond donors (Lipinski definition) is 1. The van der Waals surface area contributed by atoms with Gasteiger partial charge < -0.3 is 5.73 Å². The Balaban J connectivity index is 2.46. The van der Waals surface area contributed by atoms with Crippen molar-refractivity contribution in [2.45, 2.75) is 0 Å². The molecule has 0 saturated carbocycles. The van der Waals surface area contributed by atoms with E-state index in [0.717, 1.165) is 4.57 Å². The maximum absolute atomic E-state index is 12.8. The first-order valence-electron chi connectivity index (χ1n) is 7.04. The van der Waals surface area contributed by atoms with Crippen LogP contribution in [0.2, 0.25) is 0 Å². The molecule has 0 spiro atoms. The van der Waals surface area contributed by atoms with Crippen LogP contribution in [0, 0.1) is 22.7 Å². The number of anilines is 1. The predicted molar refractivity (Wildman–Crippen MR) is 89.1 cm³/mol. The van der Waals surface area contributed by atoms with E-state index in [4.69, 9.17) is 5.73 Å². The van der Waals surface area contributed by atoms with E-state index in [1.165, 1.54) is 6.20 Å². The summed E-state index contributed by atoms with van der Waals surface area (Å²) in [7, 11) is 0. The molecule has 6 heteroatoms. The van der Waals surface area contributed by atoms with Crippen LogP contribution in [0.15, 0.2) is 59.5 Å². The summed E-state index contributed by atoms with van der Waals surface area (Å²) in [4.78, 5) is 16.9. The van der Waals surface area contributed by atoms with Gasteiger partial charge in [-0.3, -0.25) is 4.79 Å². The van der Waals surface area contributed by atoms with Gasteiger partial charge in [-0.2, -0.15) is 10.5 Å². The number of aromatic nitrogens is 2. The summed E-state index contributed by atoms with van der Waals surface area (Å²) in [5, 5.41) is 19.1.